The van der Waals surface area contributed by atoms with Crippen LogP contribution in [0.2, 0.25) is 0 Å². The highest BCUT2D eigenvalue weighted by Crippen LogP contribution is 2.25. The lowest BCUT2D eigenvalue weighted by Gasteiger charge is -2.16. The van der Waals surface area contributed by atoms with Gasteiger partial charge in [-0.15, -0.1) is 11.8 Å². The quantitative estimate of drug-likeness (QED) is 0.767. The fourth-order valence-electron chi connectivity index (χ4n) is 1.51. The highest BCUT2D eigenvalue weighted by molar-refractivity contribution is 7.99. The molecule has 0 radical (unpaired) electrons. The monoisotopic (exact) mass is 223 g/mol. The predicted octanol–water partition coefficient (Wildman–Crippen LogP) is 3.47. The molecule has 0 aliphatic rings. The van der Waals surface area contributed by atoms with Gasteiger partial charge in [-0.2, -0.15) is 0 Å². The lowest BCUT2D eigenvalue weighted by Crippen LogP contribution is -2.24. The van der Waals surface area contributed by atoms with E-state index in [9.17, 15) is 0 Å². The number of benzene rings is 1. The van der Waals surface area contributed by atoms with E-state index in [-0.39, 0.29) is 0 Å². The molecule has 2 heteroatoms. The highest BCUT2D eigenvalue weighted by atomic mass is 32.2. The van der Waals surface area contributed by atoms with Crippen LogP contribution in [0.3, 0.4) is 0 Å². The van der Waals surface area contributed by atoms with E-state index in [1.807, 2.05) is 18.8 Å². The zero-order chi connectivity index (χ0) is 11.3. The highest BCUT2D eigenvalue weighted by Gasteiger charge is 2.08. The molecule has 0 fully saturated rings. The molecule has 0 amide bonds. The van der Waals surface area contributed by atoms with Gasteiger partial charge < -0.3 is 5.32 Å². The summed E-state index contributed by atoms with van der Waals surface area (Å²) in [5, 5.41) is 3.94. The van der Waals surface area contributed by atoms with Gasteiger partial charge in [0.15, 0.2) is 0 Å². The topological polar surface area (TPSA) is 12.0 Å². The van der Waals surface area contributed by atoms with Crippen molar-refractivity contribution in [3.8, 4) is 0 Å². The van der Waals surface area contributed by atoms with E-state index in [2.05, 4.69) is 50.4 Å². The number of thioether (sulfide) groups is 1. The zero-order valence-corrected chi connectivity index (χ0v) is 10.9. The second-order valence-corrected chi connectivity index (χ2v) is 5.68. The standard InChI is InChI=1S/C13H21NS/c1-10-5-7-13(8-6-10)15-12(3)9-11(2)14-4/h5-8,11-12,14H,9H2,1-4H3. The molecule has 0 aliphatic carbocycles. The minimum absolute atomic E-state index is 0.595. The maximum Gasteiger partial charge on any atom is 0.00807 e. The van der Waals surface area contributed by atoms with Crippen LogP contribution in [-0.4, -0.2) is 18.3 Å². The Morgan fingerprint density at radius 1 is 1.20 bits per heavy atom. The average Bonchev–Trinajstić information content (AvgIpc) is 2.21. The Labute approximate surface area is 97.7 Å². The first-order chi connectivity index (χ1) is 7.11. The molecule has 2 atom stereocenters. The Hall–Kier alpha value is -0.470. The lowest BCUT2D eigenvalue weighted by atomic mass is 10.2. The lowest BCUT2D eigenvalue weighted by molar-refractivity contribution is 0.564. The predicted molar refractivity (Wildman–Crippen MR) is 69.6 cm³/mol. The minimum atomic E-state index is 0.595. The molecule has 0 heterocycles. The molecular formula is C13H21NS. The summed E-state index contributed by atoms with van der Waals surface area (Å²) in [6.45, 7) is 6.64. The number of aryl methyl sites for hydroxylation is 1. The summed E-state index contributed by atoms with van der Waals surface area (Å²) in [7, 11) is 2.02. The third-order valence-corrected chi connectivity index (χ3v) is 3.68. The summed E-state index contributed by atoms with van der Waals surface area (Å²) in [6, 6.07) is 9.37. The van der Waals surface area contributed by atoms with Gasteiger partial charge >= 0.3 is 0 Å². The second kappa shape index (κ2) is 6.19. The number of nitrogens with one attached hydrogen (secondary N) is 1. The molecule has 0 bridgehead atoms. The van der Waals surface area contributed by atoms with E-state index in [0.29, 0.717) is 11.3 Å². The van der Waals surface area contributed by atoms with Crippen LogP contribution >= 0.6 is 11.8 Å². The van der Waals surface area contributed by atoms with Gasteiger partial charge in [-0.25, -0.2) is 0 Å². The van der Waals surface area contributed by atoms with Crippen LogP contribution in [0.5, 0.6) is 0 Å². The molecule has 15 heavy (non-hydrogen) atoms. The van der Waals surface area contributed by atoms with E-state index in [1.54, 1.807) is 0 Å². The fourth-order valence-corrected chi connectivity index (χ4v) is 2.66. The molecule has 0 aliphatic heterocycles. The van der Waals surface area contributed by atoms with Crippen molar-refractivity contribution >= 4 is 11.8 Å². The van der Waals surface area contributed by atoms with Crippen molar-refractivity contribution in [3.05, 3.63) is 29.8 Å². The van der Waals surface area contributed by atoms with Crippen molar-refractivity contribution in [2.75, 3.05) is 7.05 Å². The van der Waals surface area contributed by atoms with Crippen LogP contribution in [0.1, 0.15) is 25.8 Å². The second-order valence-electron chi connectivity index (χ2n) is 4.17. The summed E-state index contributed by atoms with van der Waals surface area (Å²) >= 11 is 1.96. The molecule has 0 saturated carbocycles. The van der Waals surface area contributed by atoms with E-state index >= 15 is 0 Å². The van der Waals surface area contributed by atoms with Gasteiger partial charge in [0.2, 0.25) is 0 Å². The first-order valence-electron chi connectivity index (χ1n) is 5.52. The van der Waals surface area contributed by atoms with Gasteiger partial charge in [-0.3, -0.25) is 0 Å². The minimum Gasteiger partial charge on any atom is -0.317 e. The van der Waals surface area contributed by atoms with Crippen LogP contribution in [0, 0.1) is 6.92 Å². The van der Waals surface area contributed by atoms with Crippen LogP contribution in [0.4, 0.5) is 0 Å². The van der Waals surface area contributed by atoms with Crippen LogP contribution in [-0.2, 0) is 0 Å². The summed E-state index contributed by atoms with van der Waals surface area (Å²) in [6.07, 6.45) is 1.20. The van der Waals surface area contributed by atoms with Crippen molar-refractivity contribution in [2.24, 2.45) is 0 Å². The molecular weight excluding hydrogens is 202 g/mol. The molecule has 1 rings (SSSR count). The zero-order valence-electron chi connectivity index (χ0n) is 10.1. The molecule has 0 spiro atoms. The third-order valence-electron chi connectivity index (χ3n) is 2.54. The summed E-state index contributed by atoms with van der Waals surface area (Å²) < 4.78 is 0. The fraction of sp³-hybridized carbons (Fsp3) is 0.538. The van der Waals surface area contributed by atoms with E-state index in [4.69, 9.17) is 0 Å². The van der Waals surface area contributed by atoms with Gasteiger partial charge in [0.05, 0.1) is 0 Å². The summed E-state index contributed by atoms with van der Waals surface area (Å²) in [4.78, 5) is 1.37. The van der Waals surface area contributed by atoms with E-state index < -0.39 is 0 Å². The van der Waals surface area contributed by atoms with Crippen LogP contribution in [0.25, 0.3) is 0 Å². The van der Waals surface area contributed by atoms with Crippen molar-refractivity contribution < 1.29 is 0 Å². The Morgan fingerprint density at radius 3 is 2.33 bits per heavy atom. The van der Waals surface area contributed by atoms with Gasteiger partial charge in [0.25, 0.3) is 0 Å². The number of hydrogen-bond acceptors (Lipinski definition) is 2. The third kappa shape index (κ3) is 4.72. The Balaban J connectivity index is 2.44. The molecule has 1 N–H and O–H groups in total. The van der Waals surface area contributed by atoms with Gasteiger partial charge in [0.1, 0.15) is 0 Å². The largest absolute Gasteiger partial charge is 0.317 e. The molecule has 0 aromatic heterocycles. The van der Waals surface area contributed by atoms with Crippen molar-refractivity contribution in [1.29, 1.82) is 0 Å². The molecule has 1 nitrogen and oxygen atoms in total. The first kappa shape index (κ1) is 12.6. The van der Waals surface area contributed by atoms with Gasteiger partial charge in [-0.1, -0.05) is 24.6 Å². The van der Waals surface area contributed by atoms with E-state index in [0.717, 1.165) is 0 Å². The summed E-state index contributed by atoms with van der Waals surface area (Å²) in [5.41, 5.74) is 1.33. The molecule has 1 aromatic carbocycles. The van der Waals surface area contributed by atoms with Crippen LogP contribution in [0.15, 0.2) is 29.2 Å². The Morgan fingerprint density at radius 2 is 1.80 bits per heavy atom. The van der Waals surface area contributed by atoms with Crippen molar-refractivity contribution in [3.63, 3.8) is 0 Å². The number of hydrogen-bond donors (Lipinski definition) is 1. The Bertz CT molecular complexity index is 281. The van der Waals surface area contributed by atoms with E-state index in [1.165, 1.54) is 16.9 Å². The molecule has 0 saturated heterocycles. The molecule has 84 valence electrons. The van der Waals surface area contributed by atoms with Crippen LogP contribution < -0.4 is 5.32 Å². The summed E-state index contributed by atoms with van der Waals surface area (Å²) in [5.74, 6) is 0. The maximum absolute atomic E-state index is 3.28. The molecule has 1 aromatic rings. The van der Waals surface area contributed by atoms with Gasteiger partial charge in [-0.05, 0) is 39.4 Å². The van der Waals surface area contributed by atoms with Crippen molar-refractivity contribution in [1.82, 2.24) is 5.32 Å². The van der Waals surface area contributed by atoms with Crippen molar-refractivity contribution in [2.45, 2.75) is 43.4 Å². The SMILES string of the molecule is CNC(C)CC(C)Sc1ccc(C)cc1. The number of rotatable bonds is 5. The molecule has 2 unspecified atom stereocenters. The smallest absolute Gasteiger partial charge is 0.00807 e. The Kier molecular flexibility index (Phi) is 5.20. The normalized spacial score (nSPS) is 14.9. The van der Waals surface area contributed by atoms with Gasteiger partial charge in [0, 0.05) is 16.2 Å². The first-order valence-corrected chi connectivity index (χ1v) is 6.40. The average molecular weight is 223 g/mol. The maximum atomic E-state index is 3.28.